The van der Waals surface area contributed by atoms with Gasteiger partial charge in [-0.2, -0.15) is 5.26 Å². The minimum Gasteiger partial charge on any atom is -0.398 e. The van der Waals surface area contributed by atoms with Crippen molar-refractivity contribution in [2.75, 3.05) is 17.1 Å². The van der Waals surface area contributed by atoms with Crippen LogP contribution >= 0.6 is 0 Å². The van der Waals surface area contributed by atoms with E-state index < -0.39 is 20.7 Å². The summed E-state index contributed by atoms with van der Waals surface area (Å²) >= 11 is 0. The fourth-order valence-corrected chi connectivity index (χ4v) is 3.28. The average molecular weight is 305 g/mol. The summed E-state index contributed by atoms with van der Waals surface area (Å²) in [6.45, 7) is 0. The first-order valence-corrected chi connectivity index (χ1v) is 7.35. The monoisotopic (exact) mass is 305 g/mol. The molecule has 2 N–H and O–H groups in total. The van der Waals surface area contributed by atoms with Gasteiger partial charge in [-0.25, -0.2) is 12.8 Å². The molecule has 0 aliphatic heterocycles. The maximum atomic E-state index is 13.9. The molecule has 0 unspecified atom stereocenters. The van der Waals surface area contributed by atoms with E-state index in [1.54, 1.807) is 12.1 Å². The number of sulfonamides is 1. The molecule has 0 radical (unpaired) electrons. The van der Waals surface area contributed by atoms with E-state index in [2.05, 4.69) is 0 Å². The molecular formula is C14H12FN3O2S. The number of nitriles is 1. The van der Waals surface area contributed by atoms with E-state index >= 15 is 0 Å². The third-order valence-corrected chi connectivity index (χ3v) is 4.84. The number of rotatable bonds is 3. The number of para-hydroxylation sites is 1. The molecule has 0 bridgehead atoms. The zero-order valence-electron chi connectivity index (χ0n) is 11.1. The van der Waals surface area contributed by atoms with Crippen LogP contribution in [0, 0.1) is 17.1 Å². The maximum Gasteiger partial charge on any atom is 0.269 e. The van der Waals surface area contributed by atoms with Gasteiger partial charge >= 0.3 is 0 Å². The summed E-state index contributed by atoms with van der Waals surface area (Å²) in [6, 6.07) is 11.7. The van der Waals surface area contributed by atoms with Crippen LogP contribution in [0.2, 0.25) is 0 Å². The molecule has 0 aliphatic carbocycles. The Bertz CT molecular complexity index is 808. The molecule has 0 fully saturated rings. The summed E-state index contributed by atoms with van der Waals surface area (Å²) in [5.74, 6) is -0.934. The van der Waals surface area contributed by atoms with Gasteiger partial charge < -0.3 is 5.73 Å². The van der Waals surface area contributed by atoms with Crippen LogP contribution in [-0.4, -0.2) is 15.5 Å². The molecule has 0 aromatic heterocycles. The first-order chi connectivity index (χ1) is 9.89. The molecule has 2 rings (SSSR count). The van der Waals surface area contributed by atoms with E-state index in [9.17, 15) is 12.8 Å². The molecule has 7 heteroatoms. The van der Waals surface area contributed by atoms with Gasteiger partial charge in [-0.05, 0) is 24.3 Å². The topological polar surface area (TPSA) is 87.2 Å². The van der Waals surface area contributed by atoms with Crippen molar-refractivity contribution in [1.29, 1.82) is 5.26 Å². The molecule has 5 nitrogen and oxygen atoms in total. The minimum atomic E-state index is -4.20. The highest BCUT2D eigenvalue weighted by Crippen LogP contribution is 2.29. The smallest absolute Gasteiger partial charge is 0.269 e. The van der Waals surface area contributed by atoms with Crippen molar-refractivity contribution in [2.24, 2.45) is 0 Å². The van der Waals surface area contributed by atoms with Gasteiger partial charge in [0.2, 0.25) is 0 Å². The Morgan fingerprint density at radius 3 is 2.48 bits per heavy atom. The summed E-state index contributed by atoms with van der Waals surface area (Å²) in [5.41, 5.74) is 5.72. The zero-order valence-corrected chi connectivity index (χ0v) is 11.9. The maximum absolute atomic E-state index is 13.9. The lowest BCUT2D eigenvalue weighted by Crippen LogP contribution is -2.28. The number of nitrogen functional groups attached to an aromatic ring is 1. The zero-order chi connectivity index (χ0) is 15.6. The SMILES string of the molecule is CN(c1ccccc1C#N)S(=O)(=O)c1c(N)cccc1F. The van der Waals surface area contributed by atoms with Gasteiger partial charge in [0.1, 0.15) is 16.8 Å². The standard InChI is InChI=1S/C14H12FN3O2S/c1-18(13-8-3-2-5-10(13)9-16)21(19,20)14-11(15)6-4-7-12(14)17/h2-8H,17H2,1H3. The third-order valence-electron chi connectivity index (χ3n) is 2.98. The van der Waals surface area contributed by atoms with E-state index in [1.807, 2.05) is 6.07 Å². The Morgan fingerprint density at radius 2 is 1.86 bits per heavy atom. The molecule has 0 atom stereocenters. The highest BCUT2D eigenvalue weighted by Gasteiger charge is 2.28. The van der Waals surface area contributed by atoms with E-state index in [1.165, 1.54) is 31.3 Å². The van der Waals surface area contributed by atoms with E-state index in [4.69, 9.17) is 11.0 Å². The first-order valence-electron chi connectivity index (χ1n) is 5.91. The van der Waals surface area contributed by atoms with Crippen molar-refractivity contribution >= 4 is 21.4 Å². The fraction of sp³-hybridized carbons (Fsp3) is 0.0714. The van der Waals surface area contributed by atoms with E-state index in [0.29, 0.717) is 0 Å². The number of hydrogen-bond acceptors (Lipinski definition) is 4. The number of anilines is 2. The summed E-state index contributed by atoms with van der Waals surface area (Å²) in [5, 5.41) is 9.04. The second kappa shape index (κ2) is 5.42. The van der Waals surface area contributed by atoms with Crippen molar-refractivity contribution in [3.63, 3.8) is 0 Å². The van der Waals surface area contributed by atoms with Crippen LogP contribution in [0.3, 0.4) is 0 Å². The third kappa shape index (κ3) is 2.53. The van der Waals surface area contributed by atoms with Crippen LogP contribution in [0.5, 0.6) is 0 Å². The van der Waals surface area contributed by atoms with Crippen LogP contribution in [0.1, 0.15) is 5.56 Å². The Hall–Kier alpha value is -2.59. The predicted octanol–water partition coefficient (Wildman–Crippen LogP) is 2.10. The van der Waals surface area contributed by atoms with Crippen LogP contribution in [-0.2, 0) is 10.0 Å². The molecule has 2 aromatic carbocycles. The van der Waals surface area contributed by atoms with Gasteiger partial charge in [-0.3, -0.25) is 4.31 Å². The van der Waals surface area contributed by atoms with Crippen molar-refractivity contribution in [3.05, 3.63) is 53.8 Å². The number of nitrogens with two attached hydrogens (primary N) is 1. The quantitative estimate of drug-likeness (QED) is 0.880. The Morgan fingerprint density at radius 1 is 1.19 bits per heavy atom. The number of hydrogen-bond donors (Lipinski definition) is 1. The normalized spacial score (nSPS) is 10.9. The van der Waals surface area contributed by atoms with Crippen molar-refractivity contribution in [3.8, 4) is 6.07 Å². The number of nitrogens with zero attached hydrogens (tertiary/aromatic N) is 2. The Kier molecular flexibility index (Phi) is 3.82. The van der Waals surface area contributed by atoms with Gasteiger partial charge in [0.25, 0.3) is 10.0 Å². The highest BCUT2D eigenvalue weighted by atomic mass is 32.2. The highest BCUT2D eigenvalue weighted by molar-refractivity contribution is 7.93. The van der Waals surface area contributed by atoms with Crippen LogP contribution in [0.15, 0.2) is 47.4 Å². The molecule has 0 aliphatic rings. The lowest BCUT2D eigenvalue weighted by molar-refractivity contribution is 0.567. The molecule has 0 saturated heterocycles. The molecule has 0 spiro atoms. The Labute approximate surface area is 122 Å². The van der Waals surface area contributed by atoms with E-state index in [0.717, 1.165) is 10.4 Å². The van der Waals surface area contributed by atoms with Gasteiger partial charge in [0.05, 0.1) is 16.9 Å². The largest absolute Gasteiger partial charge is 0.398 e. The van der Waals surface area contributed by atoms with Gasteiger partial charge in [-0.1, -0.05) is 18.2 Å². The van der Waals surface area contributed by atoms with Crippen molar-refractivity contribution < 1.29 is 12.8 Å². The van der Waals surface area contributed by atoms with Gasteiger partial charge in [-0.15, -0.1) is 0 Å². The minimum absolute atomic E-state index is 0.155. The first kappa shape index (κ1) is 14.8. The van der Waals surface area contributed by atoms with Crippen LogP contribution in [0.25, 0.3) is 0 Å². The molecule has 0 heterocycles. The number of benzene rings is 2. The number of halogens is 1. The molecule has 0 saturated carbocycles. The summed E-state index contributed by atoms with van der Waals surface area (Å²) in [6.07, 6.45) is 0. The molecule has 0 amide bonds. The summed E-state index contributed by atoms with van der Waals surface area (Å²) in [7, 11) is -2.96. The van der Waals surface area contributed by atoms with E-state index in [-0.39, 0.29) is 16.9 Å². The van der Waals surface area contributed by atoms with Crippen LogP contribution in [0.4, 0.5) is 15.8 Å². The van der Waals surface area contributed by atoms with Crippen molar-refractivity contribution in [1.82, 2.24) is 0 Å². The summed E-state index contributed by atoms with van der Waals surface area (Å²) in [4.78, 5) is -0.597. The lowest BCUT2D eigenvalue weighted by atomic mass is 10.2. The molecular weight excluding hydrogens is 293 g/mol. The molecule has 108 valence electrons. The van der Waals surface area contributed by atoms with Gasteiger partial charge in [0, 0.05) is 7.05 Å². The second-order valence-electron chi connectivity index (χ2n) is 4.26. The Balaban J connectivity index is 2.62. The van der Waals surface area contributed by atoms with Gasteiger partial charge in [0.15, 0.2) is 0 Å². The van der Waals surface area contributed by atoms with Crippen LogP contribution < -0.4 is 10.0 Å². The predicted molar refractivity (Wildman–Crippen MR) is 77.6 cm³/mol. The molecule has 21 heavy (non-hydrogen) atoms. The van der Waals surface area contributed by atoms with Crippen molar-refractivity contribution in [2.45, 2.75) is 4.90 Å². The fourth-order valence-electron chi connectivity index (χ4n) is 1.91. The second-order valence-corrected chi connectivity index (χ2v) is 6.17. The molecule has 2 aromatic rings. The summed E-state index contributed by atoms with van der Waals surface area (Å²) < 4.78 is 39.8. The lowest BCUT2D eigenvalue weighted by Gasteiger charge is -2.21. The average Bonchev–Trinajstić information content (AvgIpc) is 2.46.